The largest absolute Gasteiger partial charge is 0.500 e. The van der Waals surface area contributed by atoms with Crippen molar-refractivity contribution in [1.82, 2.24) is 4.72 Å². The molecule has 1 aromatic carbocycles. The topological polar surface area (TPSA) is 103 Å². The Hall–Kier alpha value is -1.30. The Bertz CT molecular complexity index is 623. The molecule has 24 heavy (non-hydrogen) atoms. The lowest BCUT2D eigenvalue weighted by molar-refractivity contribution is -0.114. The molecule has 1 rings (SSSR count). The first kappa shape index (κ1) is 20.7. The first-order chi connectivity index (χ1) is 11.3. The zero-order chi connectivity index (χ0) is 18.2. The maximum atomic E-state index is 12.2. The van der Waals surface area contributed by atoms with Crippen LogP contribution in [0.3, 0.4) is 0 Å². The smallest absolute Gasteiger partial charge is 0.377 e. The summed E-state index contributed by atoms with van der Waals surface area (Å²) in [7, 11) is -1.76. The normalized spacial score (nSPS) is 12.2. The molecular formula is C14H24N2O6SSi. The molecule has 0 aromatic heterocycles. The van der Waals surface area contributed by atoms with E-state index in [4.69, 9.17) is 13.3 Å². The highest BCUT2D eigenvalue weighted by atomic mass is 32.2. The van der Waals surface area contributed by atoms with Crippen LogP contribution in [0, 0.1) is 0 Å². The number of hydrogen-bond donors (Lipinski definition) is 2. The molecule has 0 aliphatic rings. The van der Waals surface area contributed by atoms with Crippen molar-refractivity contribution in [1.29, 1.82) is 0 Å². The molecule has 0 bridgehead atoms. The first-order valence-electron chi connectivity index (χ1n) is 7.31. The van der Waals surface area contributed by atoms with Gasteiger partial charge in [0.15, 0.2) is 0 Å². The van der Waals surface area contributed by atoms with Gasteiger partial charge in [0.1, 0.15) is 0 Å². The van der Waals surface area contributed by atoms with Crippen LogP contribution in [0.5, 0.6) is 0 Å². The fourth-order valence-corrected chi connectivity index (χ4v) is 4.87. The van der Waals surface area contributed by atoms with Crippen LogP contribution < -0.4 is 10.0 Å². The van der Waals surface area contributed by atoms with E-state index >= 15 is 0 Å². The Balaban J connectivity index is 2.59. The van der Waals surface area contributed by atoms with Gasteiger partial charge in [-0.25, -0.2) is 13.1 Å². The van der Waals surface area contributed by atoms with Crippen molar-refractivity contribution in [2.24, 2.45) is 0 Å². The molecule has 0 atom stereocenters. The number of rotatable bonds is 10. The molecule has 1 aromatic rings. The van der Waals surface area contributed by atoms with Crippen LogP contribution >= 0.6 is 0 Å². The molecule has 0 fully saturated rings. The number of carbonyl (C=O) groups is 1. The Morgan fingerprint density at radius 2 is 1.62 bits per heavy atom. The van der Waals surface area contributed by atoms with E-state index in [1.165, 1.54) is 52.5 Å². The van der Waals surface area contributed by atoms with Gasteiger partial charge >= 0.3 is 8.80 Å². The Labute approximate surface area is 143 Å². The van der Waals surface area contributed by atoms with Gasteiger partial charge in [-0.2, -0.15) is 0 Å². The lowest BCUT2D eigenvalue weighted by Gasteiger charge is -2.24. The van der Waals surface area contributed by atoms with Crippen LogP contribution in [0.1, 0.15) is 13.3 Å². The van der Waals surface area contributed by atoms with Crippen LogP contribution in [-0.4, -0.2) is 51.0 Å². The summed E-state index contributed by atoms with van der Waals surface area (Å²) in [6.07, 6.45) is 0.519. The van der Waals surface area contributed by atoms with E-state index in [2.05, 4.69) is 10.0 Å². The maximum Gasteiger partial charge on any atom is 0.500 e. The fraction of sp³-hybridized carbons (Fsp3) is 0.500. The summed E-state index contributed by atoms with van der Waals surface area (Å²) in [5.74, 6) is -0.217. The highest BCUT2D eigenvalue weighted by Gasteiger charge is 2.36. The van der Waals surface area contributed by atoms with E-state index in [9.17, 15) is 13.2 Å². The number of anilines is 1. The Kier molecular flexibility index (Phi) is 7.99. The van der Waals surface area contributed by atoms with Crippen LogP contribution in [0.2, 0.25) is 6.04 Å². The summed E-state index contributed by atoms with van der Waals surface area (Å²) in [5.41, 5.74) is 0.539. The third kappa shape index (κ3) is 5.96. The molecular weight excluding hydrogens is 352 g/mol. The second kappa shape index (κ2) is 9.25. The minimum absolute atomic E-state index is 0.130. The number of carbonyl (C=O) groups excluding carboxylic acids is 1. The number of benzene rings is 1. The van der Waals surface area contributed by atoms with E-state index in [-0.39, 0.29) is 17.3 Å². The number of hydrogen-bond acceptors (Lipinski definition) is 6. The molecule has 0 unspecified atom stereocenters. The zero-order valence-corrected chi connectivity index (χ0v) is 16.1. The third-order valence-electron chi connectivity index (χ3n) is 3.37. The molecule has 1 amide bonds. The van der Waals surface area contributed by atoms with Gasteiger partial charge in [0, 0.05) is 46.5 Å². The molecule has 0 aliphatic heterocycles. The van der Waals surface area contributed by atoms with Gasteiger partial charge in [0.25, 0.3) is 0 Å². The predicted molar refractivity (Wildman–Crippen MR) is 92.1 cm³/mol. The minimum Gasteiger partial charge on any atom is -0.377 e. The van der Waals surface area contributed by atoms with Gasteiger partial charge in [0.05, 0.1) is 4.90 Å². The summed E-state index contributed by atoms with van der Waals surface area (Å²) in [5, 5.41) is 2.58. The average Bonchev–Trinajstić information content (AvgIpc) is 2.56. The van der Waals surface area contributed by atoms with Gasteiger partial charge in [-0.3, -0.25) is 4.79 Å². The number of nitrogens with one attached hydrogen (secondary N) is 2. The summed E-state index contributed by atoms with van der Waals surface area (Å²) in [4.78, 5) is 11.1. The van der Waals surface area contributed by atoms with Gasteiger partial charge < -0.3 is 18.6 Å². The summed E-state index contributed by atoms with van der Waals surface area (Å²) < 4.78 is 42.8. The molecule has 0 spiro atoms. The van der Waals surface area contributed by atoms with Gasteiger partial charge in [0.2, 0.25) is 15.9 Å². The second-order valence-corrected chi connectivity index (χ2v) is 9.86. The van der Waals surface area contributed by atoms with Crippen LogP contribution in [0.25, 0.3) is 0 Å². The van der Waals surface area contributed by atoms with Gasteiger partial charge in [-0.1, -0.05) is 0 Å². The van der Waals surface area contributed by atoms with Crippen molar-refractivity contribution >= 4 is 30.4 Å². The molecule has 0 saturated carbocycles. The Morgan fingerprint density at radius 1 is 1.08 bits per heavy atom. The monoisotopic (exact) mass is 376 g/mol. The summed E-state index contributed by atoms with van der Waals surface area (Å²) >= 11 is 0. The Morgan fingerprint density at radius 3 is 2.08 bits per heavy atom. The fourth-order valence-electron chi connectivity index (χ4n) is 2.07. The summed E-state index contributed by atoms with van der Waals surface area (Å²) in [6.45, 7) is 1.62. The lowest BCUT2D eigenvalue weighted by atomic mass is 10.3. The van der Waals surface area contributed by atoms with Crippen LogP contribution in [-0.2, 0) is 28.1 Å². The minimum atomic E-state index is -3.61. The molecule has 10 heteroatoms. The van der Waals surface area contributed by atoms with Crippen LogP contribution in [0.15, 0.2) is 29.2 Å². The molecule has 8 nitrogen and oxygen atoms in total. The van der Waals surface area contributed by atoms with Crippen LogP contribution in [0.4, 0.5) is 5.69 Å². The quantitative estimate of drug-likeness (QED) is 0.470. The highest BCUT2D eigenvalue weighted by molar-refractivity contribution is 7.89. The third-order valence-corrected chi connectivity index (χ3v) is 7.68. The molecule has 0 heterocycles. The van der Waals surface area contributed by atoms with E-state index in [0.29, 0.717) is 18.2 Å². The van der Waals surface area contributed by atoms with E-state index < -0.39 is 18.8 Å². The van der Waals surface area contributed by atoms with E-state index in [0.717, 1.165) is 0 Å². The van der Waals surface area contributed by atoms with Crippen molar-refractivity contribution in [3.05, 3.63) is 24.3 Å². The SMILES string of the molecule is CO[Si](CCCNS(=O)(=O)c1ccc(NC(C)=O)cc1)(OC)OC. The van der Waals surface area contributed by atoms with Crippen molar-refractivity contribution in [2.45, 2.75) is 24.3 Å². The maximum absolute atomic E-state index is 12.2. The van der Waals surface area contributed by atoms with Crippen molar-refractivity contribution in [2.75, 3.05) is 33.2 Å². The van der Waals surface area contributed by atoms with Crippen molar-refractivity contribution in [3.8, 4) is 0 Å². The van der Waals surface area contributed by atoms with Gasteiger partial charge in [-0.05, 0) is 30.7 Å². The molecule has 2 N–H and O–H groups in total. The molecule has 136 valence electrons. The molecule has 0 radical (unpaired) electrons. The van der Waals surface area contributed by atoms with Crippen molar-refractivity contribution in [3.63, 3.8) is 0 Å². The lowest BCUT2D eigenvalue weighted by Crippen LogP contribution is -2.43. The average molecular weight is 377 g/mol. The van der Waals surface area contributed by atoms with E-state index in [1.54, 1.807) is 0 Å². The van der Waals surface area contributed by atoms with Crippen molar-refractivity contribution < 1.29 is 26.5 Å². The zero-order valence-electron chi connectivity index (χ0n) is 14.3. The molecule has 0 aliphatic carbocycles. The first-order valence-corrected chi connectivity index (χ1v) is 10.7. The van der Waals surface area contributed by atoms with Gasteiger partial charge in [-0.15, -0.1) is 0 Å². The predicted octanol–water partition coefficient (Wildman–Crippen LogP) is 1.19. The standard InChI is InChI=1S/C14H24N2O6SSi/c1-12(17)16-13-6-8-14(9-7-13)23(18,19)15-10-5-11-24(20-2,21-3)22-4/h6-9,15H,5,10-11H2,1-4H3,(H,16,17). The summed E-state index contributed by atoms with van der Waals surface area (Å²) in [6, 6.07) is 6.45. The molecule has 0 saturated heterocycles. The highest BCUT2D eigenvalue weighted by Crippen LogP contribution is 2.16. The number of amides is 1. The second-order valence-electron chi connectivity index (χ2n) is 5.00. The van der Waals surface area contributed by atoms with E-state index in [1.807, 2.05) is 0 Å². The number of sulfonamides is 1.